The molecule has 5 heteroatoms. The maximum atomic E-state index is 6.19. The molecule has 0 N–H and O–H groups in total. The van der Waals surface area contributed by atoms with Gasteiger partial charge >= 0.3 is 0 Å². The van der Waals surface area contributed by atoms with E-state index in [2.05, 4.69) is 71.9 Å². The topological polar surface area (TPSA) is 22.2 Å². The molecule has 0 bridgehead atoms. The molecule has 2 fully saturated rings. The van der Waals surface area contributed by atoms with E-state index < -0.39 is 0 Å². The molecular formula is C23H40N4O. The van der Waals surface area contributed by atoms with Crippen LogP contribution in [0.3, 0.4) is 0 Å². The molecule has 2 saturated heterocycles. The van der Waals surface area contributed by atoms with Gasteiger partial charge in [0.1, 0.15) is 5.75 Å². The largest absolute Gasteiger partial charge is 0.493 e. The standard InChI is InChI=1S/C23H40N4O/c1-23(10-12-25(3)19-23)20-26(4)18-21-8-5-6-9-22(21)28-17-7-11-27-15-13-24(2)14-16-27/h5-6,8-9H,7,10-20H2,1-4H3. The summed E-state index contributed by atoms with van der Waals surface area (Å²) in [5.74, 6) is 1.06. The number of rotatable bonds is 9. The van der Waals surface area contributed by atoms with Crippen LogP contribution >= 0.6 is 0 Å². The number of likely N-dealkylation sites (tertiary alicyclic amines) is 1. The fourth-order valence-electron chi connectivity index (χ4n) is 4.71. The first-order valence-corrected chi connectivity index (χ1v) is 10.9. The van der Waals surface area contributed by atoms with E-state index in [4.69, 9.17) is 4.74 Å². The highest BCUT2D eigenvalue weighted by molar-refractivity contribution is 5.33. The molecule has 0 radical (unpaired) electrons. The highest BCUT2D eigenvalue weighted by atomic mass is 16.5. The van der Waals surface area contributed by atoms with Crippen molar-refractivity contribution >= 4 is 0 Å². The number of benzene rings is 1. The number of para-hydroxylation sites is 1. The van der Waals surface area contributed by atoms with Crippen LogP contribution in [0.25, 0.3) is 0 Å². The highest BCUT2D eigenvalue weighted by Crippen LogP contribution is 2.30. The molecule has 1 aromatic rings. The third kappa shape index (κ3) is 6.45. The van der Waals surface area contributed by atoms with E-state index in [9.17, 15) is 0 Å². The lowest BCUT2D eigenvalue weighted by Gasteiger charge is -2.32. The van der Waals surface area contributed by atoms with Crippen LogP contribution in [0.4, 0.5) is 0 Å². The zero-order valence-corrected chi connectivity index (χ0v) is 18.5. The van der Waals surface area contributed by atoms with Crippen LogP contribution in [0, 0.1) is 5.41 Å². The Kier molecular flexibility index (Phi) is 7.75. The minimum absolute atomic E-state index is 0.405. The summed E-state index contributed by atoms with van der Waals surface area (Å²) in [5, 5.41) is 0. The predicted molar refractivity (Wildman–Crippen MR) is 117 cm³/mol. The third-order valence-electron chi connectivity index (χ3n) is 6.29. The average Bonchev–Trinajstić information content (AvgIpc) is 2.99. The van der Waals surface area contributed by atoms with Crippen molar-refractivity contribution in [1.29, 1.82) is 0 Å². The normalized spacial score (nSPS) is 24.9. The first-order valence-electron chi connectivity index (χ1n) is 10.9. The van der Waals surface area contributed by atoms with Crippen LogP contribution < -0.4 is 4.74 Å². The van der Waals surface area contributed by atoms with E-state index in [1.807, 2.05) is 0 Å². The second-order valence-electron chi connectivity index (χ2n) is 9.43. The van der Waals surface area contributed by atoms with Gasteiger partial charge in [0.15, 0.2) is 0 Å². The summed E-state index contributed by atoms with van der Waals surface area (Å²) in [7, 11) is 6.68. The monoisotopic (exact) mass is 388 g/mol. The zero-order valence-electron chi connectivity index (χ0n) is 18.5. The van der Waals surface area contributed by atoms with Crippen LogP contribution in [0.2, 0.25) is 0 Å². The molecule has 3 rings (SSSR count). The minimum atomic E-state index is 0.405. The number of hydrogen-bond acceptors (Lipinski definition) is 5. The summed E-state index contributed by atoms with van der Waals surface area (Å²) >= 11 is 0. The highest BCUT2D eigenvalue weighted by Gasteiger charge is 2.32. The van der Waals surface area contributed by atoms with Gasteiger partial charge in [-0.1, -0.05) is 25.1 Å². The number of piperazine rings is 1. The van der Waals surface area contributed by atoms with Gasteiger partial charge in [0.2, 0.25) is 0 Å². The van der Waals surface area contributed by atoms with Crippen LogP contribution in [-0.2, 0) is 6.54 Å². The summed E-state index contributed by atoms with van der Waals surface area (Å²) < 4.78 is 6.19. The van der Waals surface area contributed by atoms with E-state index in [1.54, 1.807) is 0 Å². The fraction of sp³-hybridized carbons (Fsp3) is 0.739. The van der Waals surface area contributed by atoms with Crippen LogP contribution in [-0.4, -0.2) is 99.7 Å². The second kappa shape index (κ2) is 10.1. The van der Waals surface area contributed by atoms with Gasteiger partial charge in [0.25, 0.3) is 0 Å². The van der Waals surface area contributed by atoms with Gasteiger partial charge in [-0.05, 0) is 52.0 Å². The van der Waals surface area contributed by atoms with Crippen molar-refractivity contribution in [2.75, 3.05) is 80.1 Å². The molecule has 0 spiro atoms. The Bertz CT molecular complexity index is 602. The summed E-state index contributed by atoms with van der Waals surface area (Å²) in [5.41, 5.74) is 1.71. The third-order valence-corrected chi connectivity index (χ3v) is 6.29. The van der Waals surface area contributed by atoms with E-state index in [0.29, 0.717) is 5.41 Å². The van der Waals surface area contributed by atoms with Crippen molar-refractivity contribution in [2.24, 2.45) is 5.41 Å². The molecule has 2 aliphatic heterocycles. The number of nitrogens with zero attached hydrogens (tertiary/aromatic N) is 4. The maximum Gasteiger partial charge on any atom is 0.123 e. The van der Waals surface area contributed by atoms with Gasteiger partial charge in [-0.15, -0.1) is 0 Å². The summed E-state index contributed by atoms with van der Waals surface area (Å²) in [4.78, 5) is 9.88. The predicted octanol–water partition coefficient (Wildman–Crippen LogP) is 2.48. The van der Waals surface area contributed by atoms with Gasteiger partial charge in [-0.3, -0.25) is 0 Å². The second-order valence-corrected chi connectivity index (χ2v) is 9.43. The lowest BCUT2D eigenvalue weighted by Crippen LogP contribution is -2.44. The molecule has 1 atom stereocenters. The molecule has 1 unspecified atom stereocenters. The zero-order chi connectivity index (χ0) is 20.0. The Morgan fingerprint density at radius 2 is 1.79 bits per heavy atom. The first kappa shape index (κ1) is 21.6. The van der Waals surface area contributed by atoms with Crippen LogP contribution in [0.1, 0.15) is 25.3 Å². The molecule has 28 heavy (non-hydrogen) atoms. The van der Waals surface area contributed by atoms with Gasteiger partial charge < -0.3 is 24.3 Å². The number of hydrogen-bond donors (Lipinski definition) is 0. The Labute approximate surface area is 172 Å². The Morgan fingerprint density at radius 1 is 1.04 bits per heavy atom. The number of likely N-dealkylation sites (N-methyl/N-ethyl adjacent to an activating group) is 1. The quantitative estimate of drug-likeness (QED) is 0.605. The van der Waals surface area contributed by atoms with Crippen molar-refractivity contribution in [3.8, 4) is 5.75 Å². The van der Waals surface area contributed by atoms with Crippen LogP contribution in [0.15, 0.2) is 24.3 Å². The first-order chi connectivity index (χ1) is 13.4. The van der Waals surface area contributed by atoms with Crippen LogP contribution in [0.5, 0.6) is 5.75 Å². The lowest BCUT2D eigenvalue weighted by atomic mass is 9.89. The van der Waals surface area contributed by atoms with Gasteiger partial charge in [-0.2, -0.15) is 0 Å². The SMILES string of the molecule is CN1CCN(CCCOc2ccccc2CN(C)CC2(C)CCN(C)C2)CC1. The Morgan fingerprint density at radius 3 is 2.50 bits per heavy atom. The Balaban J connectivity index is 1.43. The fourth-order valence-corrected chi connectivity index (χ4v) is 4.71. The van der Waals surface area contributed by atoms with Crippen molar-refractivity contribution in [3.05, 3.63) is 29.8 Å². The maximum absolute atomic E-state index is 6.19. The Hall–Kier alpha value is -1.14. The minimum Gasteiger partial charge on any atom is -0.493 e. The lowest BCUT2D eigenvalue weighted by molar-refractivity contribution is 0.145. The van der Waals surface area contributed by atoms with Gasteiger partial charge in [-0.25, -0.2) is 0 Å². The average molecular weight is 389 g/mol. The molecule has 2 aliphatic rings. The smallest absolute Gasteiger partial charge is 0.123 e. The van der Waals surface area contributed by atoms with Crippen molar-refractivity contribution < 1.29 is 4.74 Å². The number of ether oxygens (including phenoxy) is 1. The van der Waals surface area contributed by atoms with Crippen molar-refractivity contribution in [1.82, 2.24) is 19.6 Å². The van der Waals surface area contributed by atoms with E-state index >= 15 is 0 Å². The summed E-state index contributed by atoms with van der Waals surface area (Å²) in [6.45, 7) is 13.6. The van der Waals surface area contributed by atoms with Crippen molar-refractivity contribution in [2.45, 2.75) is 26.3 Å². The summed E-state index contributed by atoms with van der Waals surface area (Å²) in [6, 6.07) is 8.57. The molecule has 0 saturated carbocycles. The van der Waals surface area contributed by atoms with Gasteiger partial charge in [0, 0.05) is 57.9 Å². The molecular weight excluding hydrogens is 348 g/mol. The molecule has 2 heterocycles. The summed E-state index contributed by atoms with van der Waals surface area (Å²) in [6.07, 6.45) is 2.39. The molecule has 158 valence electrons. The van der Waals surface area contributed by atoms with Gasteiger partial charge in [0.05, 0.1) is 6.61 Å². The van der Waals surface area contributed by atoms with E-state index in [-0.39, 0.29) is 0 Å². The molecule has 0 aromatic heterocycles. The molecule has 0 aliphatic carbocycles. The molecule has 1 aromatic carbocycles. The van der Waals surface area contributed by atoms with E-state index in [1.165, 1.54) is 51.3 Å². The van der Waals surface area contributed by atoms with E-state index in [0.717, 1.165) is 38.4 Å². The molecule has 5 nitrogen and oxygen atoms in total. The van der Waals surface area contributed by atoms with Crippen molar-refractivity contribution in [3.63, 3.8) is 0 Å². The molecule has 0 amide bonds.